The molecule has 2 rings (SSSR count). The van der Waals surface area contributed by atoms with Crippen LogP contribution in [0.3, 0.4) is 0 Å². The summed E-state index contributed by atoms with van der Waals surface area (Å²) in [6, 6.07) is 13.9. The molecular weight excluding hydrogens is 241 g/mol. The third kappa shape index (κ3) is 3.57. The predicted octanol–water partition coefficient (Wildman–Crippen LogP) is 2.71. The maximum Gasteiger partial charge on any atom is 0.135 e. The van der Waals surface area contributed by atoms with Crippen molar-refractivity contribution in [3.63, 3.8) is 0 Å². The summed E-state index contributed by atoms with van der Waals surface area (Å²) >= 11 is 0. The Morgan fingerprint density at radius 2 is 1.79 bits per heavy atom. The molecule has 2 aromatic rings. The lowest BCUT2D eigenvalue weighted by molar-refractivity contribution is 0.299. The number of para-hydroxylation sites is 1. The van der Waals surface area contributed by atoms with Crippen molar-refractivity contribution in [2.75, 3.05) is 6.54 Å². The number of ether oxygens (including phenoxy) is 1. The van der Waals surface area contributed by atoms with Crippen molar-refractivity contribution in [1.29, 1.82) is 0 Å². The molecule has 3 heteroatoms. The quantitative estimate of drug-likeness (QED) is 0.856. The molecule has 0 heterocycles. The van der Waals surface area contributed by atoms with E-state index in [-0.39, 0.29) is 12.4 Å². The lowest BCUT2D eigenvalue weighted by atomic mass is 10.2. The third-order valence-corrected chi connectivity index (χ3v) is 2.55. The number of hydrogen-bond acceptors (Lipinski definition) is 2. The van der Waals surface area contributed by atoms with Gasteiger partial charge in [-0.15, -0.1) is 0 Å². The van der Waals surface area contributed by atoms with E-state index >= 15 is 0 Å². The molecule has 0 radical (unpaired) electrons. The number of benzene rings is 2. The highest BCUT2D eigenvalue weighted by Gasteiger charge is 2.04. The molecule has 0 aromatic heterocycles. The molecule has 0 saturated carbocycles. The highest BCUT2D eigenvalue weighted by molar-refractivity contribution is 5.46. The Bertz CT molecular complexity index is 613. The van der Waals surface area contributed by atoms with Gasteiger partial charge in [0, 0.05) is 5.56 Å². The molecule has 0 spiro atoms. The average Bonchev–Trinajstić information content (AvgIpc) is 2.45. The summed E-state index contributed by atoms with van der Waals surface area (Å²) in [4.78, 5) is 0. The zero-order valence-corrected chi connectivity index (χ0v) is 10.4. The highest BCUT2D eigenvalue weighted by atomic mass is 19.1. The minimum atomic E-state index is -0.270. The summed E-state index contributed by atoms with van der Waals surface area (Å²) in [5, 5.41) is 0. The molecular formula is C16H14FNO. The molecule has 0 unspecified atom stereocenters. The summed E-state index contributed by atoms with van der Waals surface area (Å²) in [5.74, 6) is 6.07. The molecule has 2 aromatic carbocycles. The van der Waals surface area contributed by atoms with Gasteiger partial charge in [-0.1, -0.05) is 42.2 Å². The molecule has 0 aliphatic heterocycles. The number of rotatable bonds is 3. The molecule has 0 aliphatic rings. The zero-order valence-electron chi connectivity index (χ0n) is 10.4. The van der Waals surface area contributed by atoms with Gasteiger partial charge in [0.1, 0.15) is 18.2 Å². The minimum absolute atomic E-state index is 0.175. The van der Waals surface area contributed by atoms with E-state index in [0.717, 1.165) is 5.56 Å². The van der Waals surface area contributed by atoms with Crippen LogP contribution in [0.15, 0.2) is 48.5 Å². The Morgan fingerprint density at radius 1 is 1.05 bits per heavy atom. The van der Waals surface area contributed by atoms with Crippen LogP contribution in [0, 0.1) is 17.7 Å². The standard InChI is InChI=1S/C16H14FNO/c17-15-9-3-1-7-14(15)12-19-16-10-4-2-6-13(16)8-5-11-18/h1-4,6-7,9-10H,11-12,18H2. The van der Waals surface area contributed by atoms with Crippen LogP contribution in [-0.4, -0.2) is 6.54 Å². The van der Waals surface area contributed by atoms with Crippen molar-refractivity contribution < 1.29 is 9.13 Å². The molecule has 19 heavy (non-hydrogen) atoms. The Balaban J connectivity index is 2.14. The van der Waals surface area contributed by atoms with E-state index in [1.54, 1.807) is 24.3 Å². The summed E-state index contributed by atoms with van der Waals surface area (Å²) in [5.41, 5.74) is 6.62. The lowest BCUT2D eigenvalue weighted by Gasteiger charge is -2.08. The third-order valence-electron chi connectivity index (χ3n) is 2.55. The van der Waals surface area contributed by atoms with Crippen molar-refractivity contribution in [2.45, 2.75) is 6.61 Å². The highest BCUT2D eigenvalue weighted by Crippen LogP contribution is 2.19. The maximum absolute atomic E-state index is 13.5. The topological polar surface area (TPSA) is 35.2 Å². The van der Waals surface area contributed by atoms with E-state index in [1.807, 2.05) is 18.2 Å². The monoisotopic (exact) mass is 255 g/mol. The second-order valence-corrected chi connectivity index (χ2v) is 3.88. The van der Waals surface area contributed by atoms with Gasteiger partial charge in [0.05, 0.1) is 12.1 Å². The van der Waals surface area contributed by atoms with Crippen LogP contribution < -0.4 is 10.5 Å². The van der Waals surface area contributed by atoms with Crippen LogP contribution in [0.4, 0.5) is 4.39 Å². The fourth-order valence-corrected chi connectivity index (χ4v) is 1.61. The molecule has 2 N–H and O–H groups in total. The van der Waals surface area contributed by atoms with Gasteiger partial charge in [0.25, 0.3) is 0 Å². The van der Waals surface area contributed by atoms with Crippen LogP contribution in [-0.2, 0) is 6.61 Å². The zero-order chi connectivity index (χ0) is 13.5. The summed E-state index contributed by atoms with van der Waals surface area (Å²) in [6.45, 7) is 0.468. The van der Waals surface area contributed by atoms with Gasteiger partial charge in [-0.2, -0.15) is 0 Å². The molecule has 2 nitrogen and oxygen atoms in total. The minimum Gasteiger partial charge on any atom is -0.487 e. The van der Waals surface area contributed by atoms with E-state index in [9.17, 15) is 4.39 Å². The SMILES string of the molecule is NCC#Cc1ccccc1OCc1ccccc1F. The van der Waals surface area contributed by atoms with Crippen molar-refractivity contribution in [3.05, 3.63) is 65.5 Å². The first-order valence-corrected chi connectivity index (χ1v) is 5.95. The molecule has 0 bridgehead atoms. The molecule has 96 valence electrons. The second kappa shape index (κ2) is 6.58. The first-order chi connectivity index (χ1) is 9.31. The van der Waals surface area contributed by atoms with Gasteiger partial charge in [-0.05, 0) is 18.2 Å². The van der Waals surface area contributed by atoms with E-state index in [0.29, 0.717) is 17.9 Å². The predicted molar refractivity (Wildman–Crippen MR) is 73.1 cm³/mol. The number of halogens is 1. The van der Waals surface area contributed by atoms with E-state index in [1.165, 1.54) is 6.07 Å². The Hall–Kier alpha value is -2.31. The van der Waals surface area contributed by atoms with Gasteiger partial charge >= 0.3 is 0 Å². The lowest BCUT2D eigenvalue weighted by Crippen LogP contribution is -2.00. The van der Waals surface area contributed by atoms with Crippen LogP contribution in [0.5, 0.6) is 5.75 Å². The average molecular weight is 255 g/mol. The van der Waals surface area contributed by atoms with Gasteiger partial charge in [0.15, 0.2) is 0 Å². The second-order valence-electron chi connectivity index (χ2n) is 3.88. The van der Waals surface area contributed by atoms with Gasteiger partial charge in [-0.25, -0.2) is 4.39 Å². The first-order valence-electron chi connectivity index (χ1n) is 5.95. The van der Waals surface area contributed by atoms with Gasteiger partial charge in [0.2, 0.25) is 0 Å². The van der Waals surface area contributed by atoms with Crippen molar-refractivity contribution in [2.24, 2.45) is 5.73 Å². The summed E-state index contributed by atoms with van der Waals surface area (Å²) in [7, 11) is 0. The van der Waals surface area contributed by atoms with Gasteiger partial charge in [-0.3, -0.25) is 0 Å². The van der Waals surface area contributed by atoms with Crippen molar-refractivity contribution in [1.82, 2.24) is 0 Å². The largest absolute Gasteiger partial charge is 0.487 e. The molecule has 0 amide bonds. The Labute approximate surface area is 112 Å². The van der Waals surface area contributed by atoms with E-state index in [4.69, 9.17) is 10.5 Å². The number of nitrogens with two attached hydrogens (primary N) is 1. The summed E-state index contributed by atoms with van der Waals surface area (Å²) in [6.07, 6.45) is 0. The van der Waals surface area contributed by atoms with Crippen LogP contribution in [0.1, 0.15) is 11.1 Å². The molecule has 0 fully saturated rings. The fraction of sp³-hybridized carbons (Fsp3) is 0.125. The van der Waals surface area contributed by atoms with Crippen molar-refractivity contribution >= 4 is 0 Å². The number of hydrogen-bond donors (Lipinski definition) is 1. The molecule has 0 aliphatic carbocycles. The van der Waals surface area contributed by atoms with Gasteiger partial charge < -0.3 is 10.5 Å². The normalized spacial score (nSPS) is 9.58. The van der Waals surface area contributed by atoms with Crippen molar-refractivity contribution in [3.8, 4) is 17.6 Å². The fourth-order valence-electron chi connectivity index (χ4n) is 1.61. The molecule has 0 atom stereocenters. The molecule has 0 saturated heterocycles. The van der Waals surface area contributed by atoms with E-state index < -0.39 is 0 Å². The van der Waals surface area contributed by atoms with Crippen LogP contribution in [0.25, 0.3) is 0 Å². The first kappa shape index (κ1) is 13.1. The maximum atomic E-state index is 13.5. The Kier molecular flexibility index (Phi) is 4.54. The van der Waals surface area contributed by atoms with E-state index in [2.05, 4.69) is 11.8 Å². The summed E-state index contributed by atoms with van der Waals surface area (Å²) < 4.78 is 19.1. The van der Waals surface area contributed by atoms with Crippen LogP contribution in [0.2, 0.25) is 0 Å². The smallest absolute Gasteiger partial charge is 0.135 e. The van der Waals surface area contributed by atoms with Crippen LogP contribution >= 0.6 is 0 Å². The Morgan fingerprint density at radius 3 is 2.58 bits per heavy atom.